The van der Waals surface area contributed by atoms with Crippen LogP contribution in [0.1, 0.15) is 22.3 Å². The van der Waals surface area contributed by atoms with E-state index in [4.69, 9.17) is 4.74 Å². The van der Waals surface area contributed by atoms with Gasteiger partial charge in [-0.05, 0) is 62.1 Å². The van der Waals surface area contributed by atoms with E-state index < -0.39 is 0 Å². The number of aryl methyl sites for hydroxylation is 4. The van der Waals surface area contributed by atoms with E-state index in [2.05, 4.69) is 55.6 Å². The highest BCUT2D eigenvalue weighted by atomic mass is 16.5. The van der Waals surface area contributed by atoms with Crippen LogP contribution in [0.4, 0.5) is 5.69 Å². The number of carbonyl (C=O) groups is 1. The number of hydrogen-bond acceptors (Lipinski definition) is 2. The van der Waals surface area contributed by atoms with Crippen LogP contribution in [0.3, 0.4) is 0 Å². The third-order valence-electron chi connectivity index (χ3n) is 4.55. The fourth-order valence-corrected chi connectivity index (χ4v) is 3.19. The van der Waals surface area contributed by atoms with E-state index in [0.717, 1.165) is 27.9 Å². The minimum Gasteiger partial charge on any atom is -0.484 e. The summed E-state index contributed by atoms with van der Waals surface area (Å²) in [7, 11) is 0. The molecular formula is C24H25NO2. The summed E-state index contributed by atoms with van der Waals surface area (Å²) < 4.78 is 5.64. The Morgan fingerprint density at radius 2 is 1.30 bits per heavy atom. The molecule has 3 aromatic rings. The van der Waals surface area contributed by atoms with Crippen LogP contribution in [0.25, 0.3) is 11.1 Å². The van der Waals surface area contributed by atoms with Crippen LogP contribution in [0.2, 0.25) is 0 Å². The predicted octanol–water partition coefficient (Wildman–Crippen LogP) is 5.60. The van der Waals surface area contributed by atoms with Crippen molar-refractivity contribution >= 4 is 11.6 Å². The Bertz CT molecular complexity index is 918. The van der Waals surface area contributed by atoms with Gasteiger partial charge in [0.15, 0.2) is 6.61 Å². The SMILES string of the molecule is Cc1ccc(-c2ccc(OCC(=O)Nc3c(C)cc(C)cc3C)cc2)cc1. The third kappa shape index (κ3) is 4.76. The highest BCUT2D eigenvalue weighted by molar-refractivity contribution is 5.93. The number of benzene rings is 3. The van der Waals surface area contributed by atoms with Crippen LogP contribution < -0.4 is 10.1 Å². The van der Waals surface area contributed by atoms with Crippen LogP contribution in [-0.4, -0.2) is 12.5 Å². The summed E-state index contributed by atoms with van der Waals surface area (Å²) in [4.78, 5) is 12.3. The molecular weight excluding hydrogens is 334 g/mol. The van der Waals surface area contributed by atoms with Crippen molar-refractivity contribution in [3.63, 3.8) is 0 Å². The van der Waals surface area contributed by atoms with Crippen molar-refractivity contribution in [2.45, 2.75) is 27.7 Å². The Hall–Kier alpha value is -3.07. The maximum Gasteiger partial charge on any atom is 0.262 e. The lowest BCUT2D eigenvalue weighted by molar-refractivity contribution is -0.118. The van der Waals surface area contributed by atoms with E-state index in [9.17, 15) is 4.79 Å². The van der Waals surface area contributed by atoms with Gasteiger partial charge in [-0.25, -0.2) is 0 Å². The summed E-state index contributed by atoms with van der Waals surface area (Å²) in [5.41, 5.74) is 7.69. The maximum atomic E-state index is 12.3. The van der Waals surface area contributed by atoms with Crippen molar-refractivity contribution in [3.05, 3.63) is 82.9 Å². The van der Waals surface area contributed by atoms with Gasteiger partial charge in [-0.15, -0.1) is 0 Å². The number of nitrogens with one attached hydrogen (secondary N) is 1. The lowest BCUT2D eigenvalue weighted by Gasteiger charge is -2.13. The molecule has 0 saturated heterocycles. The molecule has 3 aromatic carbocycles. The molecule has 1 amide bonds. The molecule has 0 saturated carbocycles. The van der Waals surface area contributed by atoms with Gasteiger partial charge in [0.25, 0.3) is 5.91 Å². The molecule has 0 unspecified atom stereocenters. The largest absolute Gasteiger partial charge is 0.484 e. The van der Waals surface area contributed by atoms with E-state index >= 15 is 0 Å². The molecule has 0 aliphatic carbocycles. The molecule has 0 spiro atoms. The number of anilines is 1. The Labute approximate surface area is 161 Å². The number of carbonyl (C=O) groups excluding carboxylic acids is 1. The third-order valence-corrected chi connectivity index (χ3v) is 4.55. The van der Waals surface area contributed by atoms with Crippen LogP contribution in [-0.2, 0) is 4.79 Å². The normalized spacial score (nSPS) is 10.5. The highest BCUT2D eigenvalue weighted by Gasteiger charge is 2.09. The van der Waals surface area contributed by atoms with Crippen molar-refractivity contribution in [1.29, 1.82) is 0 Å². The van der Waals surface area contributed by atoms with Crippen molar-refractivity contribution in [2.75, 3.05) is 11.9 Å². The quantitative estimate of drug-likeness (QED) is 0.643. The van der Waals surface area contributed by atoms with Gasteiger partial charge < -0.3 is 10.1 Å². The first-order valence-corrected chi connectivity index (χ1v) is 9.10. The van der Waals surface area contributed by atoms with Crippen molar-refractivity contribution < 1.29 is 9.53 Å². The topological polar surface area (TPSA) is 38.3 Å². The Morgan fingerprint density at radius 3 is 1.85 bits per heavy atom. The van der Waals surface area contributed by atoms with Crippen molar-refractivity contribution in [3.8, 4) is 16.9 Å². The second-order valence-electron chi connectivity index (χ2n) is 7.00. The molecule has 0 fully saturated rings. The lowest BCUT2D eigenvalue weighted by atomic mass is 10.0. The maximum absolute atomic E-state index is 12.3. The highest BCUT2D eigenvalue weighted by Crippen LogP contribution is 2.24. The molecule has 0 bridgehead atoms. The number of hydrogen-bond donors (Lipinski definition) is 1. The van der Waals surface area contributed by atoms with Crippen LogP contribution >= 0.6 is 0 Å². The molecule has 0 aliphatic heterocycles. The molecule has 0 radical (unpaired) electrons. The van der Waals surface area contributed by atoms with Crippen LogP contribution in [0.5, 0.6) is 5.75 Å². The average molecular weight is 359 g/mol. The number of amides is 1. The zero-order valence-electron chi connectivity index (χ0n) is 16.3. The fraction of sp³-hybridized carbons (Fsp3) is 0.208. The first-order valence-electron chi connectivity index (χ1n) is 9.10. The van der Waals surface area contributed by atoms with Gasteiger partial charge in [0.05, 0.1) is 0 Å². The van der Waals surface area contributed by atoms with Gasteiger partial charge >= 0.3 is 0 Å². The second-order valence-corrected chi connectivity index (χ2v) is 7.00. The Kier molecular flexibility index (Phi) is 5.60. The first kappa shape index (κ1) is 18.7. The van der Waals surface area contributed by atoms with Crippen molar-refractivity contribution in [2.24, 2.45) is 0 Å². The van der Waals surface area contributed by atoms with Gasteiger partial charge in [-0.1, -0.05) is 59.7 Å². The minimum atomic E-state index is -0.160. The molecule has 0 aromatic heterocycles. The molecule has 1 N–H and O–H groups in total. The fourth-order valence-electron chi connectivity index (χ4n) is 3.19. The number of rotatable bonds is 5. The standard InChI is InChI=1S/C24H25NO2/c1-16-5-7-20(8-6-16)21-9-11-22(12-10-21)27-15-23(26)25-24-18(3)13-17(2)14-19(24)4/h5-14H,15H2,1-4H3,(H,25,26). The van der Waals surface area contributed by atoms with E-state index in [-0.39, 0.29) is 12.5 Å². The zero-order valence-corrected chi connectivity index (χ0v) is 16.3. The van der Waals surface area contributed by atoms with E-state index in [1.165, 1.54) is 11.1 Å². The lowest BCUT2D eigenvalue weighted by Crippen LogP contribution is -2.21. The van der Waals surface area contributed by atoms with Crippen molar-refractivity contribution in [1.82, 2.24) is 0 Å². The number of ether oxygens (including phenoxy) is 1. The molecule has 3 nitrogen and oxygen atoms in total. The molecule has 3 rings (SSSR count). The smallest absolute Gasteiger partial charge is 0.262 e. The summed E-state index contributed by atoms with van der Waals surface area (Å²) in [5.74, 6) is 0.519. The van der Waals surface area contributed by atoms with E-state index in [1.54, 1.807) is 0 Å². The van der Waals surface area contributed by atoms with Gasteiger partial charge in [-0.3, -0.25) is 4.79 Å². The van der Waals surface area contributed by atoms with Gasteiger partial charge in [-0.2, -0.15) is 0 Å². The summed E-state index contributed by atoms with van der Waals surface area (Å²) in [6, 6.07) is 20.3. The molecule has 0 heterocycles. The minimum absolute atomic E-state index is 0.0172. The van der Waals surface area contributed by atoms with Gasteiger partial charge in [0.1, 0.15) is 5.75 Å². The Balaban J connectivity index is 1.60. The van der Waals surface area contributed by atoms with Gasteiger partial charge in [0.2, 0.25) is 0 Å². The van der Waals surface area contributed by atoms with Crippen LogP contribution in [0.15, 0.2) is 60.7 Å². The first-order chi connectivity index (χ1) is 12.9. The summed E-state index contributed by atoms with van der Waals surface area (Å²) in [6.45, 7) is 8.11. The van der Waals surface area contributed by atoms with E-state index in [0.29, 0.717) is 5.75 Å². The Morgan fingerprint density at radius 1 is 0.778 bits per heavy atom. The molecule has 27 heavy (non-hydrogen) atoms. The molecule has 138 valence electrons. The summed E-state index contributed by atoms with van der Waals surface area (Å²) in [5, 5.41) is 2.95. The second kappa shape index (κ2) is 8.09. The molecule has 0 aliphatic rings. The predicted molar refractivity (Wildman–Crippen MR) is 111 cm³/mol. The van der Waals surface area contributed by atoms with E-state index in [1.807, 2.05) is 38.1 Å². The van der Waals surface area contributed by atoms with Gasteiger partial charge in [0, 0.05) is 5.69 Å². The zero-order chi connectivity index (χ0) is 19.4. The summed E-state index contributed by atoms with van der Waals surface area (Å²) >= 11 is 0. The molecule has 3 heteroatoms. The monoisotopic (exact) mass is 359 g/mol. The average Bonchev–Trinajstić information content (AvgIpc) is 2.64. The van der Waals surface area contributed by atoms with Crippen LogP contribution in [0, 0.1) is 27.7 Å². The summed E-state index contributed by atoms with van der Waals surface area (Å²) in [6.07, 6.45) is 0. The molecule has 0 atom stereocenters.